The Kier molecular flexibility index (Phi) is 7.51. The molecule has 0 bridgehead atoms. The molecule has 0 aliphatic heterocycles. The number of carbonyl (C=O) groups is 1. The van der Waals surface area contributed by atoms with Gasteiger partial charge < -0.3 is 0 Å². The lowest BCUT2D eigenvalue weighted by molar-refractivity contribution is -0.137. The van der Waals surface area contributed by atoms with E-state index in [0.717, 1.165) is 22.9 Å². The quantitative estimate of drug-likeness (QED) is 0.233. The third-order valence-electron chi connectivity index (χ3n) is 5.38. The number of anilines is 1. The van der Waals surface area contributed by atoms with Crippen LogP contribution >= 0.6 is 11.6 Å². The van der Waals surface area contributed by atoms with Gasteiger partial charge in [-0.3, -0.25) is 9.10 Å². The molecule has 6 nitrogen and oxygen atoms in total. The van der Waals surface area contributed by atoms with Crippen LogP contribution in [0.2, 0.25) is 5.02 Å². The maximum absolute atomic E-state index is 13.4. The zero-order chi connectivity index (χ0) is 26.6. The minimum atomic E-state index is -4.76. The molecule has 11 heteroatoms. The number of fused-ring (bicyclic) bond motifs is 1. The van der Waals surface area contributed by atoms with Crippen LogP contribution < -0.4 is 9.73 Å². The van der Waals surface area contributed by atoms with Gasteiger partial charge in [0.25, 0.3) is 15.9 Å². The molecule has 0 atom stereocenters. The lowest BCUT2D eigenvalue weighted by Gasteiger charge is -2.25. The zero-order valence-corrected chi connectivity index (χ0v) is 20.6. The Morgan fingerprint density at radius 3 is 2.35 bits per heavy atom. The molecule has 0 saturated heterocycles. The Hall–Kier alpha value is -3.89. The van der Waals surface area contributed by atoms with Crippen molar-refractivity contribution in [2.45, 2.75) is 11.1 Å². The standard InChI is InChI=1S/C26H19ClF3N3O3S/c27-23-14-13-20(26(28,29)30)15-24(23)33(37(35,36)21-10-2-1-3-11-21)17-25(34)32-31-16-19-9-6-8-18-7-4-5-12-22(18)19/h1-16H,17H2,(H,32,34)/b31-16-. The van der Waals surface area contributed by atoms with E-state index in [1.165, 1.54) is 30.5 Å². The fraction of sp³-hybridized carbons (Fsp3) is 0.0769. The first kappa shape index (κ1) is 26.2. The first-order valence-electron chi connectivity index (χ1n) is 10.8. The molecule has 0 unspecified atom stereocenters. The van der Waals surface area contributed by atoms with Gasteiger partial charge in [0.2, 0.25) is 0 Å². The van der Waals surface area contributed by atoms with Crippen molar-refractivity contribution in [3.8, 4) is 0 Å². The number of hydrogen-bond donors (Lipinski definition) is 1. The molecule has 0 aliphatic carbocycles. The van der Waals surface area contributed by atoms with Crippen molar-refractivity contribution in [2.24, 2.45) is 5.10 Å². The highest BCUT2D eigenvalue weighted by Gasteiger charge is 2.34. The van der Waals surface area contributed by atoms with E-state index < -0.39 is 39.9 Å². The van der Waals surface area contributed by atoms with E-state index in [2.05, 4.69) is 10.5 Å². The molecule has 1 N–H and O–H groups in total. The van der Waals surface area contributed by atoms with E-state index in [0.29, 0.717) is 15.9 Å². The van der Waals surface area contributed by atoms with Crippen LogP contribution in [0.4, 0.5) is 18.9 Å². The summed E-state index contributed by atoms with van der Waals surface area (Å²) >= 11 is 6.12. The fourth-order valence-corrected chi connectivity index (χ4v) is 5.32. The molecule has 37 heavy (non-hydrogen) atoms. The smallest absolute Gasteiger partial charge is 0.271 e. The Labute approximate surface area is 216 Å². The van der Waals surface area contributed by atoms with Crippen LogP contribution in [0.15, 0.2) is 101 Å². The van der Waals surface area contributed by atoms with Crippen LogP contribution in [-0.4, -0.2) is 27.1 Å². The van der Waals surface area contributed by atoms with Gasteiger partial charge in [0.15, 0.2) is 0 Å². The molecule has 4 rings (SSSR count). The van der Waals surface area contributed by atoms with E-state index >= 15 is 0 Å². The number of carbonyl (C=O) groups excluding carboxylic acids is 1. The second kappa shape index (κ2) is 10.6. The zero-order valence-electron chi connectivity index (χ0n) is 19.0. The minimum Gasteiger partial charge on any atom is -0.271 e. The normalized spacial score (nSPS) is 12.1. The molecule has 0 saturated carbocycles. The molecule has 1 amide bonds. The molecule has 190 valence electrons. The van der Waals surface area contributed by atoms with E-state index in [1.807, 2.05) is 36.4 Å². The molecule has 0 heterocycles. The summed E-state index contributed by atoms with van der Waals surface area (Å²) in [6, 6.07) is 22.3. The van der Waals surface area contributed by atoms with E-state index in [4.69, 9.17) is 11.6 Å². The summed E-state index contributed by atoms with van der Waals surface area (Å²) < 4.78 is 67.4. The number of sulfonamides is 1. The maximum Gasteiger partial charge on any atom is 0.416 e. The highest BCUT2D eigenvalue weighted by Crippen LogP contribution is 2.37. The van der Waals surface area contributed by atoms with Gasteiger partial charge in [-0.15, -0.1) is 0 Å². The van der Waals surface area contributed by atoms with Crippen LogP contribution in [0.25, 0.3) is 10.8 Å². The van der Waals surface area contributed by atoms with E-state index in [-0.39, 0.29) is 9.92 Å². The number of hydrazone groups is 1. The predicted octanol–water partition coefficient (Wildman–Crippen LogP) is 5.86. The second-order valence-corrected chi connectivity index (χ2v) is 10.1. The topological polar surface area (TPSA) is 78.8 Å². The van der Waals surface area contributed by atoms with Crippen LogP contribution in [0.5, 0.6) is 0 Å². The molecule has 0 spiro atoms. The first-order chi connectivity index (χ1) is 17.6. The summed E-state index contributed by atoms with van der Waals surface area (Å²) in [6.45, 7) is -0.870. The number of amides is 1. The Bertz CT molecular complexity index is 1570. The summed E-state index contributed by atoms with van der Waals surface area (Å²) in [6.07, 6.45) is -3.36. The third-order valence-corrected chi connectivity index (χ3v) is 7.47. The molecular weight excluding hydrogens is 527 g/mol. The molecule has 0 aromatic heterocycles. The van der Waals surface area contributed by atoms with Gasteiger partial charge in [-0.2, -0.15) is 18.3 Å². The average Bonchev–Trinajstić information content (AvgIpc) is 2.87. The number of nitrogens with one attached hydrogen (secondary N) is 1. The summed E-state index contributed by atoms with van der Waals surface area (Å²) in [7, 11) is -4.47. The number of hydrogen-bond acceptors (Lipinski definition) is 4. The van der Waals surface area contributed by atoms with Crippen molar-refractivity contribution in [2.75, 3.05) is 10.8 Å². The van der Waals surface area contributed by atoms with Crippen molar-refractivity contribution in [3.05, 3.63) is 107 Å². The number of alkyl halides is 3. The van der Waals surface area contributed by atoms with Gasteiger partial charge in [0.1, 0.15) is 6.54 Å². The van der Waals surface area contributed by atoms with Crippen molar-refractivity contribution in [3.63, 3.8) is 0 Å². The number of rotatable bonds is 7. The fourth-order valence-electron chi connectivity index (χ4n) is 3.60. The van der Waals surface area contributed by atoms with Crippen molar-refractivity contribution < 1.29 is 26.4 Å². The largest absolute Gasteiger partial charge is 0.416 e. The van der Waals surface area contributed by atoms with Gasteiger partial charge in [-0.25, -0.2) is 13.8 Å². The van der Waals surface area contributed by atoms with Crippen LogP contribution in [0.3, 0.4) is 0 Å². The summed E-state index contributed by atoms with van der Waals surface area (Å²) in [5.41, 5.74) is 1.34. The number of halogens is 4. The Morgan fingerprint density at radius 1 is 0.946 bits per heavy atom. The van der Waals surface area contributed by atoms with Crippen molar-refractivity contribution in [1.82, 2.24) is 5.43 Å². The molecule has 0 aliphatic rings. The van der Waals surface area contributed by atoms with Crippen LogP contribution in [0.1, 0.15) is 11.1 Å². The summed E-state index contributed by atoms with van der Waals surface area (Å²) in [5, 5.41) is 5.47. The molecule has 0 fully saturated rings. The van der Waals surface area contributed by atoms with Crippen molar-refractivity contribution >= 4 is 50.2 Å². The molecular formula is C26H19ClF3N3O3S. The van der Waals surface area contributed by atoms with Gasteiger partial charge >= 0.3 is 6.18 Å². The van der Waals surface area contributed by atoms with E-state index in [1.54, 1.807) is 12.1 Å². The Morgan fingerprint density at radius 2 is 1.62 bits per heavy atom. The highest BCUT2D eigenvalue weighted by atomic mass is 35.5. The van der Waals surface area contributed by atoms with Gasteiger partial charge in [-0.1, -0.05) is 72.3 Å². The first-order valence-corrected chi connectivity index (χ1v) is 12.6. The highest BCUT2D eigenvalue weighted by molar-refractivity contribution is 7.92. The third kappa shape index (κ3) is 5.92. The second-order valence-electron chi connectivity index (χ2n) is 7.85. The van der Waals surface area contributed by atoms with Crippen LogP contribution in [0, 0.1) is 0 Å². The molecule has 0 radical (unpaired) electrons. The monoisotopic (exact) mass is 545 g/mol. The number of nitrogens with zero attached hydrogens (tertiary/aromatic N) is 2. The minimum absolute atomic E-state index is 0.226. The average molecular weight is 546 g/mol. The Balaban J connectivity index is 1.66. The SMILES string of the molecule is O=C(CN(c1cc(C(F)(F)F)ccc1Cl)S(=O)(=O)c1ccccc1)N/N=C\c1cccc2ccccc12. The maximum atomic E-state index is 13.4. The molecule has 4 aromatic rings. The number of benzene rings is 4. The lowest BCUT2D eigenvalue weighted by Crippen LogP contribution is -2.40. The van der Waals surface area contributed by atoms with E-state index in [9.17, 15) is 26.4 Å². The van der Waals surface area contributed by atoms with Crippen LogP contribution in [-0.2, 0) is 21.0 Å². The van der Waals surface area contributed by atoms with Gasteiger partial charge in [0, 0.05) is 5.56 Å². The predicted molar refractivity (Wildman–Crippen MR) is 137 cm³/mol. The lowest BCUT2D eigenvalue weighted by atomic mass is 10.1. The van der Waals surface area contributed by atoms with Crippen molar-refractivity contribution in [1.29, 1.82) is 0 Å². The summed E-state index contributed by atoms with van der Waals surface area (Å²) in [4.78, 5) is 12.5. The summed E-state index contributed by atoms with van der Waals surface area (Å²) in [5.74, 6) is -0.885. The van der Waals surface area contributed by atoms with Gasteiger partial charge in [-0.05, 0) is 41.1 Å². The van der Waals surface area contributed by atoms with Gasteiger partial charge in [0.05, 0.1) is 27.4 Å². The molecule has 4 aromatic carbocycles.